The Hall–Kier alpha value is -1.26. The zero-order chi connectivity index (χ0) is 11.8. The molecule has 0 spiro atoms. The van der Waals surface area contributed by atoms with Crippen molar-refractivity contribution in [3.05, 3.63) is 41.3 Å². The van der Waals surface area contributed by atoms with Crippen LogP contribution >= 0.6 is 24.0 Å². The summed E-state index contributed by atoms with van der Waals surface area (Å²) in [6.07, 6.45) is 0. The van der Waals surface area contributed by atoms with Crippen LogP contribution < -0.4 is 0 Å². The van der Waals surface area contributed by atoms with Crippen molar-refractivity contribution in [2.45, 2.75) is 5.75 Å². The number of aryl methyl sites for hydroxylation is 1. The van der Waals surface area contributed by atoms with Gasteiger partial charge in [-0.3, -0.25) is 0 Å². The van der Waals surface area contributed by atoms with E-state index in [4.69, 9.17) is 4.98 Å². The minimum Gasteiger partial charge on any atom is -0.326 e. The molecule has 4 heteroatoms. The molecular formula is C13H12N2S2. The molecule has 3 aromatic rings. The Morgan fingerprint density at radius 1 is 1.35 bits per heavy atom. The number of aromatic nitrogens is 2. The molecule has 3 rings (SSSR count). The van der Waals surface area contributed by atoms with E-state index in [2.05, 4.69) is 60.0 Å². The number of hydrogen-bond acceptors (Lipinski definition) is 3. The van der Waals surface area contributed by atoms with Crippen LogP contribution in [-0.2, 0) is 12.8 Å². The van der Waals surface area contributed by atoms with Crippen molar-refractivity contribution in [2.75, 3.05) is 0 Å². The normalized spacial score (nSPS) is 11.2. The molecule has 0 fully saturated rings. The first-order valence-electron chi connectivity index (χ1n) is 5.39. The second-order valence-electron chi connectivity index (χ2n) is 3.95. The van der Waals surface area contributed by atoms with Gasteiger partial charge in [0.15, 0.2) is 5.82 Å². The Bertz CT molecular complexity index is 653. The summed E-state index contributed by atoms with van der Waals surface area (Å²) in [7, 11) is 2.06. The molecule has 0 N–H and O–H groups in total. The summed E-state index contributed by atoms with van der Waals surface area (Å²) in [4.78, 5) is 5.91. The molecule has 0 amide bonds. The van der Waals surface area contributed by atoms with Gasteiger partial charge >= 0.3 is 0 Å². The van der Waals surface area contributed by atoms with Gasteiger partial charge in [-0.25, -0.2) is 4.98 Å². The summed E-state index contributed by atoms with van der Waals surface area (Å²) in [5.41, 5.74) is 3.41. The summed E-state index contributed by atoms with van der Waals surface area (Å²) in [5.74, 6) is 1.78. The number of rotatable bonds is 2. The van der Waals surface area contributed by atoms with E-state index in [1.807, 2.05) is 0 Å². The lowest BCUT2D eigenvalue weighted by Gasteiger charge is -1.99. The van der Waals surface area contributed by atoms with Crippen LogP contribution in [0.25, 0.3) is 21.7 Å². The van der Waals surface area contributed by atoms with Gasteiger partial charge in [0.1, 0.15) is 0 Å². The highest BCUT2D eigenvalue weighted by molar-refractivity contribution is 7.79. The lowest BCUT2D eigenvalue weighted by Crippen LogP contribution is -1.90. The van der Waals surface area contributed by atoms with Crippen molar-refractivity contribution in [1.82, 2.24) is 9.55 Å². The van der Waals surface area contributed by atoms with Crippen molar-refractivity contribution >= 4 is 35.0 Å². The third-order valence-electron chi connectivity index (χ3n) is 2.87. The molecule has 0 aliphatic heterocycles. The molecule has 0 aliphatic rings. The van der Waals surface area contributed by atoms with Crippen LogP contribution in [0.4, 0.5) is 0 Å². The molecule has 0 saturated heterocycles. The van der Waals surface area contributed by atoms with E-state index >= 15 is 0 Å². The quantitative estimate of drug-likeness (QED) is 0.695. The fourth-order valence-corrected chi connectivity index (χ4v) is 2.92. The third-order valence-corrected chi connectivity index (χ3v) is 4.10. The Labute approximate surface area is 109 Å². The van der Waals surface area contributed by atoms with Crippen molar-refractivity contribution in [3.8, 4) is 10.7 Å². The van der Waals surface area contributed by atoms with E-state index in [0.29, 0.717) is 0 Å². The highest BCUT2D eigenvalue weighted by Gasteiger charge is 2.10. The van der Waals surface area contributed by atoms with Gasteiger partial charge in [0.2, 0.25) is 0 Å². The Morgan fingerprint density at radius 2 is 2.24 bits per heavy atom. The first kappa shape index (κ1) is 10.9. The molecular weight excluding hydrogens is 248 g/mol. The summed E-state index contributed by atoms with van der Waals surface area (Å²) < 4.78 is 2.14. The number of benzene rings is 1. The first-order valence-corrected chi connectivity index (χ1v) is 6.91. The van der Waals surface area contributed by atoms with Gasteiger partial charge in [-0.2, -0.15) is 12.6 Å². The maximum atomic E-state index is 4.70. The van der Waals surface area contributed by atoms with E-state index in [0.717, 1.165) is 17.1 Å². The molecule has 86 valence electrons. The van der Waals surface area contributed by atoms with Crippen molar-refractivity contribution in [3.63, 3.8) is 0 Å². The Morgan fingerprint density at radius 3 is 2.94 bits per heavy atom. The van der Waals surface area contributed by atoms with Crippen molar-refractivity contribution in [2.24, 2.45) is 7.05 Å². The first-order chi connectivity index (χ1) is 8.29. The maximum Gasteiger partial charge on any atom is 0.150 e. The number of imidazole rings is 1. The van der Waals surface area contributed by atoms with Gasteiger partial charge in [0.05, 0.1) is 15.9 Å². The van der Waals surface area contributed by atoms with E-state index in [1.54, 1.807) is 11.3 Å². The van der Waals surface area contributed by atoms with Crippen LogP contribution in [0, 0.1) is 0 Å². The highest BCUT2D eigenvalue weighted by Crippen LogP contribution is 2.27. The number of thiophene rings is 1. The highest BCUT2D eigenvalue weighted by atomic mass is 32.1. The molecule has 0 aliphatic carbocycles. The lowest BCUT2D eigenvalue weighted by molar-refractivity contribution is 0.963. The van der Waals surface area contributed by atoms with Crippen LogP contribution in [0.2, 0.25) is 0 Å². The second kappa shape index (κ2) is 4.20. The number of nitrogens with zero attached hydrogens (tertiary/aromatic N) is 2. The summed E-state index contributed by atoms with van der Waals surface area (Å²) >= 11 is 6.01. The van der Waals surface area contributed by atoms with Crippen LogP contribution in [0.3, 0.4) is 0 Å². The second-order valence-corrected chi connectivity index (χ2v) is 5.22. The van der Waals surface area contributed by atoms with Crippen LogP contribution in [-0.4, -0.2) is 9.55 Å². The Kier molecular flexibility index (Phi) is 2.68. The van der Waals surface area contributed by atoms with Gasteiger partial charge in [-0.1, -0.05) is 12.1 Å². The monoisotopic (exact) mass is 260 g/mol. The van der Waals surface area contributed by atoms with E-state index < -0.39 is 0 Å². The fraction of sp³-hybridized carbons (Fsp3) is 0.154. The average Bonchev–Trinajstić information content (AvgIpc) is 2.97. The average molecular weight is 260 g/mol. The molecule has 2 nitrogen and oxygen atoms in total. The topological polar surface area (TPSA) is 17.8 Å². The summed E-state index contributed by atoms with van der Waals surface area (Å²) in [5, 5.41) is 2.08. The molecule has 0 saturated carbocycles. The van der Waals surface area contributed by atoms with Gasteiger partial charge in [-0.05, 0) is 29.1 Å². The van der Waals surface area contributed by atoms with Crippen molar-refractivity contribution in [1.29, 1.82) is 0 Å². The molecule has 2 aromatic heterocycles. The number of thiol groups is 1. The fourth-order valence-electron chi connectivity index (χ4n) is 1.97. The van der Waals surface area contributed by atoms with Crippen LogP contribution in [0.15, 0.2) is 35.7 Å². The van der Waals surface area contributed by atoms with E-state index in [9.17, 15) is 0 Å². The van der Waals surface area contributed by atoms with Gasteiger partial charge < -0.3 is 4.57 Å². The lowest BCUT2D eigenvalue weighted by atomic mass is 10.2. The third kappa shape index (κ3) is 1.77. The number of hydrogen-bond donors (Lipinski definition) is 1. The smallest absolute Gasteiger partial charge is 0.150 e. The minimum absolute atomic E-state index is 0.751. The molecule has 0 atom stereocenters. The maximum absolute atomic E-state index is 4.70. The van der Waals surface area contributed by atoms with Gasteiger partial charge in [0.25, 0.3) is 0 Å². The van der Waals surface area contributed by atoms with Crippen LogP contribution in [0.1, 0.15) is 5.56 Å². The SMILES string of the molecule is Cn1c(-c2cccs2)nc2cc(CS)ccc21. The zero-order valence-corrected chi connectivity index (χ0v) is 11.1. The van der Waals surface area contributed by atoms with E-state index in [-0.39, 0.29) is 0 Å². The summed E-state index contributed by atoms with van der Waals surface area (Å²) in [6.45, 7) is 0. The van der Waals surface area contributed by atoms with Gasteiger partial charge in [0, 0.05) is 12.8 Å². The van der Waals surface area contributed by atoms with E-state index in [1.165, 1.54) is 16.0 Å². The van der Waals surface area contributed by atoms with Crippen molar-refractivity contribution < 1.29 is 0 Å². The molecule has 0 radical (unpaired) electrons. The molecule has 0 unspecified atom stereocenters. The zero-order valence-electron chi connectivity index (χ0n) is 9.42. The van der Waals surface area contributed by atoms with Gasteiger partial charge in [-0.15, -0.1) is 11.3 Å². The van der Waals surface area contributed by atoms with Crippen LogP contribution in [0.5, 0.6) is 0 Å². The standard InChI is InChI=1S/C13H12N2S2/c1-15-11-5-4-9(8-16)7-10(11)14-13(15)12-3-2-6-17-12/h2-7,16H,8H2,1H3. The molecule has 17 heavy (non-hydrogen) atoms. The molecule has 0 bridgehead atoms. The molecule has 1 aromatic carbocycles. The Balaban J connectivity index is 2.24. The predicted octanol–water partition coefficient (Wildman–Crippen LogP) is 3.73. The predicted molar refractivity (Wildman–Crippen MR) is 76.7 cm³/mol. The summed E-state index contributed by atoms with van der Waals surface area (Å²) in [6, 6.07) is 10.5. The largest absolute Gasteiger partial charge is 0.326 e. The minimum atomic E-state index is 0.751. The number of fused-ring (bicyclic) bond motifs is 1. The molecule has 2 heterocycles.